The van der Waals surface area contributed by atoms with Crippen molar-refractivity contribution in [3.8, 4) is 5.75 Å². The molecule has 1 aromatic rings. The maximum absolute atomic E-state index is 13.0. The Morgan fingerprint density at radius 2 is 1.79 bits per heavy atom. The smallest absolute Gasteiger partial charge is 0.243 e. The van der Waals surface area contributed by atoms with Crippen LogP contribution in [-0.2, 0) is 19.6 Å². The number of benzene rings is 1. The van der Waals surface area contributed by atoms with Crippen LogP contribution in [0.25, 0.3) is 0 Å². The van der Waals surface area contributed by atoms with Gasteiger partial charge in [0.05, 0.1) is 11.5 Å². The Hall–Kier alpha value is -1.64. The standard InChI is InChI=1S/C20H30N2O5S/c1-16-15-18(5-6-19(16)27-14-13-26-2)28(24,25)22-11-7-17(8-12-22)20(23)21-9-3-4-10-21/h5-6,15,17H,3-4,7-14H2,1-2H3. The van der Waals surface area contributed by atoms with E-state index in [0.717, 1.165) is 31.5 Å². The number of piperidine rings is 1. The quantitative estimate of drug-likeness (QED) is 0.643. The van der Waals surface area contributed by atoms with Gasteiger partial charge in [0, 0.05) is 39.2 Å². The predicted molar refractivity (Wildman–Crippen MR) is 106 cm³/mol. The summed E-state index contributed by atoms with van der Waals surface area (Å²) >= 11 is 0. The van der Waals surface area contributed by atoms with Crippen LogP contribution in [0.1, 0.15) is 31.2 Å². The minimum absolute atomic E-state index is 0.0529. The summed E-state index contributed by atoms with van der Waals surface area (Å²) in [5, 5.41) is 0. The molecule has 0 bridgehead atoms. The van der Waals surface area contributed by atoms with Crippen molar-refractivity contribution in [2.75, 3.05) is 46.5 Å². The lowest BCUT2D eigenvalue weighted by atomic mass is 9.97. The molecule has 2 heterocycles. The van der Waals surface area contributed by atoms with Crippen molar-refractivity contribution >= 4 is 15.9 Å². The Morgan fingerprint density at radius 3 is 2.39 bits per heavy atom. The number of methoxy groups -OCH3 is 1. The lowest BCUT2D eigenvalue weighted by Gasteiger charge is -2.32. The van der Waals surface area contributed by atoms with Crippen molar-refractivity contribution in [3.05, 3.63) is 23.8 Å². The van der Waals surface area contributed by atoms with Crippen molar-refractivity contribution in [2.24, 2.45) is 5.92 Å². The van der Waals surface area contributed by atoms with Crippen LogP contribution < -0.4 is 4.74 Å². The monoisotopic (exact) mass is 410 g/mol. The largest absolute Gasteiger partial charge is 0.491 e. The van der Waals surface area contributed by atoms with Gasteiger partial charge in [-0.25, -0.2) is 8.42 Å². The zero-order valence-electron chi connectivity index (χ0n) is 16.7. The van der Waals surface area contributed by atoms with Crippen LogP contribution in [0, 0.1) is 12.8 Å². The molecule has 3 rings (SSSR count). The van der Waals surface area contributed by atoms with E-state index < -0.39 is 10.0 Å². The Bertz CT molecular complexity index is 782. The molecule has 0 atom stereocenters. The Kier molecular flexibility index (Phi) is 6.95. The van der Waals surface area contributed by atoms with E-state index in [1.165, 1.54) is 4.31 Å². The summed E-state index contributed by atoms with van der Waals surface area (Å²) in [6, 6.07) is 4.94. The fourth-order valence-corrected chi connectivity index (χ4v) is 5.42. The first-order chi connectivity index (χ1) is 13.4. The molecule has 7 nitrogen and oxygen atoms in total. The molecule has 0 saturated carbocycles. The van der Waals surface area contributed by atoms with Crippen LogP contribution in [0.15, 0.2) is 23.1 Å². The highest BCUT2D eigenvalue weighted by molar-refractivity contribution is 7.89. The second kappa shape index (κ2) is 9.24. The van der Waals surface area contributed by atoms with E-state index in [4.69, 9.17) is 9.47 Å². The number of ether oxygens (including phenoxy) is 2. The van der Waals surface area contributed by atoms with Gasteiger partial charge < -0.3 is 14.4 Å². The van der Waals surface area contributed by atoms with Crippen LogP contribution in [0.5, 0.6) is 5.75 Å². The van der Waals surface area contributed by atoms with Crippen LogP contribution in [0.3, 0.4) is 0 Å². The van der Waals surface area contributed by atoms with Gasteiger partial charge in [0.25, 0.3) is 0 Å². The number of aryl methyl sites for hydroxylation is 1. The number of amides is 1. The summed E-state index contributed by atoms with van der Waals surface area (Å²) in [6.45, 7) is 5.19. The van der Waals surface area contributed by atoms with Crippen molar-refractivity contribution in [1.29, 1.82) is 0 Å². The van der Waals surface area contributed by atoms with Gasteiger partial charge in [-0.1, -0.05) is 0 Å². The lowest BCUT2D eigenvalue weighted by molar-refractivity contribution is -0.135. The number of rotatable bonds is 7. The van der Waals surface area contributed by atoms with Gasteiger partial charge in [0.1, 0.15) is 12.4 Å². The molecule has 1 aromatic carbocycles. The molecule has 2 aliphatic heterocycles. The maximum atomic E-state index is 13.0. The third kappa shape index (κ3) is 4.67. The first-order valence-corrected chi connectivity index (χ1v) is 11.4. The summed E-state index contributed by atoms with van der Waals surface area (Å²) in [5.74, 6) is 0.803. The highest BCUT2D eigenvalue weighted by atomic mass is 32.2. The molecule has 1 amide bonds. The van der Waals surface area contributed by atoms with Gasteiger partial charge in [-0.3, -0.25) is 4.79 Å². The second-order valence-corrected chi connectivity index (χ2v) is 9.42. The van der Waals surface area contributed by atoms with Gasteiger partial charge >= 0.3 is 0 Å². The molecule has 2 aliphatic rings. The van der Waals surface area contributed by atoms with Crippen LogP contribution in [0.2, 0.25) is 0 Å². The van der Waals surface area contributed by atoms with Gasteiger partial charge in [0.2, 0.25) is 15.9 Å². The number of hydrogen-bond donors (Lipinski definition) is 0. The number of hydrogen-bond acceptors (Lipinski definition) is 5. The minimum atomic E-state index is -3.57. The number of carbonyl (C=O) groups excluding carboxylic acids is 1. The molecule has 0 unspecified atom stereocenters. The summed E-state index contributed by atoms with van der Waals surface area (Å²) < 4.78 is 38.1. The van der Waals surface area contributed by atoms with Gasteiger partial charge in [-0.15, -0.1) is 0 Å². The van der Waals surface area contributed by atoms with Crippen molar-refractivity contribution in [3.63, 3.8) is 0 Å². The van der Waals surface area contributed by atoms with Crippen LogP contribution in [-0.4, -0.2) is 70.0 Å². The zero-order valence-corrected chi connectivity index (χ0v) is 17.5. The zero-order chi connectivity index (χ0) is 20.1. The molecule has 8 heteroatoms. The van der Waals surface area contributed by atoms with Crippen molar-refractivity contribution in [1.82, 2.24) is 9.21 Å². The topological polar surface area (TPSA) is 76.1 Å². The fraction of sp³-hybridized carbons (Fsp3) is 0.650. The maximum Gasteiger partial charge on any atom is 0.243 e. The van der Waals surface area contributed by atoms with Crippen molar-refractivity contribution < 1.29 is 22.7 Å². The molecule has 2 fully saturated rings. The molecular weight excluding hydrogens is 380 g/mol. The summed E-state index contributed by atoms with van der Waals surface area (Å²) in [6.07, 6.45) is 3.32. The number of sulfonamides is 1. The number of likely N-dealkylation sites (tertiary alicyclic amines) is 1. The van der Waals surface area contributed by atoms with Gasteiger partial charge in [-0.2, -0.15) is 4.31 Å². The highest BCUT2D eigenvalue weighted by Gasteiger charge is 2.34. The highest BCUT2D eigenvalue weighted by Crippen LogP contribution is 2.28. The van der Waals surface area contributed by atoms with E-state index in [0.29, 0.717) is 44.9 Å². The molecule has 28 heavy (non-hydrogen) atoms. The van der Waals surface area contributed by atoms with Crippen LogP contribution in [0.4, 0.5) is 0 Å². The Labute approximate surface area is 167 Å². The summed E-state index contributed by atoms with van der Waals surface area (Å²) in [4.78, 5) is 14.8. The van der Waals surface area contributed by atoms with Gasteiger partial charge in [-0.05, 0) is 56.4 Å². The first-order valence-electron chi connectivity index (χ1n) is 9.95. The molecule has 2 saturated heterocycles. The van der Waals surface area contributed by atoms with E-state index in [2.05, 4.69) is 0 Å². The molecule has 0 aliphatic carbocycles. The van der Waals surface area contributed by atoms with Crippen molar-refractivity contribution in [2.45, 2.75) is 37.5 Å². The van der Waals surface area contributed by atoms with Crippen LogP contribution >= 0.6 is 0 Å². The average Bonchev–Trinajstić information content (AvgIpc) is 3.23. The van der Waals surface area contributed by atoms with E-state index in [1.54, 1.807) is 25.3 Å². The van der Waals surface area contributed by atoms with E-state index in [9.17, 15) is 13.2 Å². The molecule has 156 valence electrons. The third-order valence-electron chi connectivity index (χ3n) is 5.55. The number of nitrogens with zero attached hydrogens (tertiary/aromatic N) is 2. The SMILES string of the molecule is COCCOc1ccc(S(=O)(=O)N2CCC(C(=O)N3CCCC3)CC2)cc1C. The normalized spacial score (nSPS) is 19.1. The average molecular weight is 411 g/mol. The molecule has 0 N–H and O–H groups in total. The van der Waals surface area contributed by atoms with E-state index >= 15 is 0 Å². The Morgan fingerprint density at radius 1 is 1.11 bits per heavy atom. The lowest BCUT2D eigenvalue weighted by Crippen LogP contribution is -2.43. The Balaban J connectivity index is 1.62. The molecular formula is C20H30N2O5S. The molecule has 0 spiro atoms. The summed E-state index contributed by atoms with van der Waals surface area (Å²) in [5.41, 5.74) is 0.774. The van der Waals surface area contributed by atoms with E-state index in [1.807, 2.05) is 11.8 Å². The third-order valence-corrected chi connectivity index (χ3v) is 7.44. The van der Waals surface area contributed by atoms with Gasteiger partial charge in [0.15, 0.2) is 0 Å². The summed E-state index contributed by atoms with van der Waals surface area (Å²) in [7, 11) is -1.96. The first kappa shape index (κ1) is 21.1. The minimum Gasteiger partial charge on any atom is -0.491 e. The number of carbonyl (C=O) groups is 1. The van der Waals surface area contributed by atoms with E-state index in [-0.39, 0.29) is 16.7 Å². The molecule has 0 aromatic heterocycles. The predicted octanol–water partition coefficient (Wildman–Crippen LogP) is 2.04. The second-order valence-electron chi connectivity index (χ2n) is 7.48. The fourth-order valence-electron chi connectivity index (χ4n) is 3.87. The molecule has 0 radical (unpaired) electrons.